The SMILES string of the molecule is CN(CCCc1ccccc1)C(=O)c1ccc(Cl)nn1. The second kappa shape index (κ2) is 7.01. The average Bonchev–Trinajstić information content (AvgIpc) is 2.48. The number of amides is 1. The fraction of sp³-hybridized carbons (Fsp3) is 0.267. The lowest BCUT2D eigenvalue weighted by molar-refractivity contribution is 0.0786. The molecule has 0 saturated heterocycles. The van der Waals surface area contributed by atoms with E-state index in [-0.39, 0.29) is 11.1 Å². The second-order valence-electron chi connectivity index (χ2n) is 4.56. The van der Waals surface area contributed by atoms with Gasteiger partial charge in [0.2, 0.25) is 0 Å². The number of aromatic nitrogens is 2. The van der Waals surface area contributed by atoms with E-state index in [0.29, 0.717) is 12.2 Å². The zero-order valence-electron chi connectivity index (χ0n) is 11.3. The van der Waals surface area contributed by atoms with Gasteiger partial charge in [0.1, 0.15) is 0 Å². The first-order valence-corrected chi connectivity index (χ1v) is 6.83. The third kappa shape index (κ3) is 4.03. The molecule has 1 aromatic heterocycles. The summed E-state index contributed by atoms with van der Waals surface area (Å²) in [5.74, 6) is -0.137. The van der Waals surface area contributed by atoms with Crippen LogP contribution in [-0.4, -0.2) is 34.6 Å². The number of hydrogen-bond donors (Lipinski definition) is 0. The lowest BCUT2D eigenvalue weighted by atomic mass is 10.1. The topological polar surface area (TPSA) is 46.1 Å². The third-order valence-electron chi connectivity index (χ3n) is 3.00. The van der Waals surface area contributed by atoms with Gasteiger partial charge >= 0.3 is 0 Å². The quantitative estimate of drug-likeness (QED) is 0.850. The van der Waals surface area contributed by atoms with Gasteiger partial charge < -0.3 is 4.90 Å². The molecule has 0 N–H and O–H groups in total. The van der Waals surface area contributed by atoms with Crippen LogP contribution in [-0.2, 0) is 6.42 Å². The standard InChI is InChI=1S/C15H16ClN3O/c1-19(11-5-8-12-6-3-2-4-7-12)15(20)13-9-10-14(16)18-17-13/h2-4,6-7,9-10H,5,8,11H2,1H3. The second-order valence-corrected chi connectivity index (χ2v) is 4.94. The van der Waals surface area contributed by atoms with E-state index in [2.05, 4.69) is 22.3 Å². The van der Waals surface area contributed by atoms with Crippen LogP contribution in [0.25, 0.3) is 0 Å². The number of carbonyl (C=O) groups is 1. The van der Waals surface area contributed by atoms with Crippen molar-refractivity contribution in [2.75, 3.05) is 13.6 Å². The smallest absolute Gasteiger partial charge is 0.274 e. The van der Waals surface area contributed by atoms with Gasteiger partial charge in [-0.1, -0.05) is 41.9 Å². The van der Waals surface area contributed by atoms with Crippen LogP contribution in [0, 0.1) is 0 Å². The van der Waals surface area contributed by atoms with Gasteiger partial charge in [-0.3, -0.25) is 4.79 Å². The molecule has 0 aliphatic rings. The summed E-state index contributed by atoms with van der Waals surface area (Å²) in [6.07, 6.45) is 1.86. The van der Waals surface area contributed by atoms with Gasteiger partial charge in [0.05, 0.1) is 0 Å². The zero-order chi connectivity index (χ0) is 14.4. The van der Waals surface area contributed by atoms with E-state index in [1.54, 1.807) is 24.1 Å². The van der Waals surface area contributed by atoms with Crippen molar-refractivity contribution in [3.05, 3.63) is 58.9 Å². The van der Waals surface area contributed by atoms with Crippen molar-refractivity contribution < 1.29 is 4.79 Å². The Kier molecular flexibility index (Phi) is 5.07. The summed E-state index contributed by atoms with van der Waals surface area (Å²) < 4.78 is 0. The highest BCUT2D eigenvalue weighted by atomic mass is 35.5. The molecule has 5 heteroatoms. The van der Waals surface area contributed by atoms with Crippen molar-refractivity contribution in [1.29, 1.82) is 0 Å². The molecule has 0 aliphatic heterocycles. The van der Waals surface area contributed by atoms with Crippen molar-refractivity contribution in [1.82, 2.24) is 15.1 Å². The van der Waals surface area contributed by atoms with Gasteiger partial charge in [-0.2, -0.15) is 0 Å². The van der Waals surface area contributed by atoms with Gasteiger partial charge in [0, 0.05) is 13.6 Å². The minimum absolute atomic E-state index is 0.137. The van der Waals surface area contributed by atoms with Crippen molar-refractivity contribution >= 4 is 17.5 Å². The maximum atomic E-state index is 12.1. The highest BCUT2D eigenvalue weighted by Crippen LogP contribution is 2.06. The normalized spacial score (nSPS) is 10.3. The van der Waals surface area contributed by atoms with Crippen LogP contribution < -0.4 is 0 Å². The van der Waals surface area contributed by atoms with Crippen LogP contribution in [0.1, 0.15) is 22.5 Å². The van der Waals surface area contributed by atoms with E-state index in [0.717, 1.165) is 12.8 Å². The minimum atomic E-state index is -0.137. The number of hydrogen-bond acceptors (Lipinski definition) is 3. The minimum Gasteiger partial charge on any atom is -0.340 e. The first-order valence-electron chi connectivity index (χ1n) is 6.45. The van der Waals surface area contributed by atoms with Crippen LogP contribution >= 0.6 is 11.6 Å². The number of aryl methyl sites for hydroxylation is 1. The van der Waals surface area contributed by atoms with E-state index in [1.165, 1.54) is 5.56 Å². The van der Waals surface area contributed by atoms with Crippen LogP contribution in [0.2, 0.25) is 5.15 Å². The van der Waals surface area contributed by atoms with Crippen molar-refractivity contribution in [3.63, 3.8) is 0 Å². The van der Waals surface area contributed by atoms with Crippen molar-refractivity contribution in [2.24, 2.45) is 0 Å². The predicted molar refractivity (Wildman–Crippen MR) is 78.8 cm³/mol. The summed E-state index contributed by atoms with van der Waals surface area (Å²) >= 11 is 5.65. The van der Waals surface area contributed by atoms with E-state index < -0.39 is 0 Å². The fourth-order valence-corrected chi connectivity index (χ4v) is 1.99. The Bertz CT molecular complexity index is 557. The first-order chi connectivity index (χ1) is 9.66. The van der Waals surface area contributed by atoms with Gasteiger partial charge in [-0.25, -0.2) is 0 Å². The maximum absolute atomic E-state index is 12.1. The number of benzene rings is 1. The summed E-state index contributed by atoms with van der Waals surface area (Å²) in [7, 11) is 1.77. The monoisotopic (exact) mass is 289 g/mol. The predicted octanol–water partition coefficient (Wildman–Crippen LogP) is 2.83. The Labute approximate surface area is 123 Å². The van der Waals surface area contributed by atoms with Gasteiger partial charge in [0.15, 0.2) is 10.8 Å². The van der Waals surface area contributed by atoms with E-state index in [9.17, 15) is 4.79 Å². The molecule has 2 aromatic rings. The summed E-state index contributed by atoms with van der Waals surface area (Å²) in [6.45, 7) is 0.679. The summed E-state index contributed by atoms with van der Waals surface area (Å²) in [5.41, 5.74) is 1.59. The van der Waals surface area contributed by atoms with Crippen LogP contribution in [0.4, 0.5) is 0 Å². The number of nitrogens with zero attached hydrogens (tertiary/aromatic N) is 3. The molecule has 20 heavy (non-hydrogen) atoms. The summed E-state index contributed by atoms with van der Waals surface area (Å²) in [4.78, 5) is 13.7. The lowest BCUT2D eigenvalue weighted by Crippen LogP contribution is -2.29. The van der Waals surface area contributed by atoms with E-state index in [1.807, 2.05) is 18.2 Å². The lowest BCUT2D eigenvalue weighted by Gasteiger charge is -2.16. The van der Waals surface area contributed by atoms with Gasteiger partial charge in [-0.05, 0) is 30.5 Å². The molecule has 0 radical (unpaired) electrons. The number of carbonyl (C=O) groups excluding carboxylic acids is 1. The van der Waals surface area contributed by atoms with Crippen LogP contribution in [0.15, 0.2) is 42.5 Å². The average molecular weight is 290 g/mol. The molecule has 1 amide bonds. The molecular formula is C15H16ClN3O. The van der Waals surface area contributed by atoms with Gasteiger partial charge in [-0.15, -0.1) is 10.2 Å². The van der Waals surface area contributed by atoms with E-state index >= 15 is 0 Å². The molecule has 0 bridgehead atoms. The molecule has 1 aromatic carbocycles. The zero-order valence-corrected chi connectivity index (χ0v) is 12.0. The molecule has 0 atom stereocenters. The Morgan fingerprint density at radius 3 is 2.55 bits per heavy atom. The molecule has 1 heterocycles. The summed E-state index contributed by atoms with van der Waals surface area (Å²) in [5, 5.41) is 7.76. The first kappa shape index (κ1) is 14.5. The number of halogens is 1. The molecule has 0 saturated carbocycles. The summed E-state index contributed by atoms with van der Waals surface area (Å²) in [6, 6.07) is 13.4. The highest BCUT2D eigenvalue weighted by Gasteiger charge is 2.13. The van der Waals surface area contributed by atoms with Crippen LogP contribution in [0.3, 0.4) is 0 Å². The van der Waals surface area contributed by atoms with Crippen LogP contribution in [0.5, 0.6) is 0 Å². The number of rotatable bonds is 5. The Morgan fingerprint density at radius 2 is 1.90 bits per heavy atom. The highest BCUT2D eigenvalue weighted by molar-refractivity contribution is 6.29. The van der Waals surface area contributed by atoms with E-state index in [4.69, 9.17) is 11.6 Å². The molecule has 0 fully saturated rings. The molecular weight excluding hydrogens is 274 g/mol. The largest absolute Gasteiger partial charge is 0.340 e. The maximum Gasteiger partial charge on any atom is 0.274 e. The van der Waals surface area contributed by atoms with Crippen molar-refractivity contribution in [3.8, 4) is 0 Å². The molecule has 104 valence electrons. The van der Waals surface area contributed by atoms with Crippen molar-refractivity contribution in [2.45, 2.75) is 12.8 Å². The Hall–Kier alpha value is -1.94. The molecule has 0 aliphatic carbocycles. The Morgan fingerprint density at radius 1 is 1.15 bits per heavy atom. The third-order valence-corrected chi connectivity index (χ3v) is 3.20. The fourth-order valence-electron chi connectivity index (χ4n) is 1.89. The molecule has 4 nitrogen and oxygen atoms in total. The molecule has 2 rings (SSSR count). The van der Waals surface area contributed by atoms with Gasteiger partial charge in [0.25, 0.3) is 5.91 Å². The Balaban J connectivity index is 1.84. The molecule has 0 unspecified atom stereocenters. The molecule has 0 spiro atoms.